The third-order valence-electron chi connectivity index (χ3n) is 1.63. The molecule has 0 aromatic carbocycles. The van der Waals surface area contributed by atoms with Gasteiger partial charge in [0.2, 0.25) is 0 Å². The fraction of sp³-hybridized carbons (Fsp3) is 0.857. The lowest BCUT2D eigenvalue weighted by Crippen LogP contribution is -2.10. The molecule has 2 nitrogen and oxygen atoms in total. The van der Waals surface area contributed by atoms with Crippen molar-refractivity contribution in [3.63, 3.8) is 0 Å². The van der Waals surface area contributed by atoms with Crippen LogP contribution in [0.1, 0.15) is 32.6 Å². The van der Waals surface area contributed by atoms with Gasteiger partial charge in [-0.25, -0.2) is 0 Å². The zero-order chi connectivity index (χ0) is 6.69. The molecule has 0 heterocycles. The second-order valence-corrected chi connectivity index (χ2v) is 2.52. The summed E-state index contributed by atoms with van der Waals surface area (Å²) in [6.07, 6.45) is 4.82. The predicted molar refractivity (Wildman–Crippen MR) is 34.0 cm³/mol. The van der Waals surface area contributed by atoms with Crippen LogP contribution in [-0.4, -0.2) is 12.1 Å². The molecule has 0 aromatic heterocycles. The van der Waals surface area contributed by atoms with Crippen LogP contribution in [0.3, 0.4) is 0 Å². The number of carbonyl (C=O) groups excluding carboxylic acids is 1. The van der Waals surface area contributed by atoms with E-state index in [1.165, 1.54) is 19.8 Å². The maximum Gasteiger partial charge on any atom is 0.302 e. The van der Waals surface area contributed by atoms with E-state index >= 15 is 0 Å². The molecule has 2 heteroatoms. The van der Waals surface area contributed by atoms with E-state index in [0.717, 1.165) is 12.8 Å². The minimum absolute atomic E-state index is 0.137. The van der Waals surface area contributed by atoms with Crippen LogP contribution in [0, 0.1) is 0 Å². The lowest BCUT2D eigenvalue weighted by atomic mass is 10.3. The quantitative estimate of drug-likeness (QED) is 0.500. The van der Waals surface area contributed by atoms with Gasteiger partial charge in [0, 0.05) is 6.92 Å². The Bertz CT molecular complexity index is 103. The highest BCUT2D eigenvalue weighted by Gasteiger charge is 2.16. The largest absolute Gasteiger partial charge is 0.463 e. The van der Waals surface area contributed by atoms with Crippen LogP contribution in [-0.2, 0) is 9.53 Å². The molecule has 1 aliphatic rings. The Morgan fingerprint density at radius 2 is 2.00 bits per heavy atom. The first-order valence-electron chi connectivity index (χ1n) is 3.46. The van der Waals surface area contributed by atoms with Crippen LogP contribution in [0.5, 0.6) is 0 Å². The van der Waals surface area contributed by atoms with Gasteiger partial charge in [-0.15, -0.1) is 0 Å². The molecule has 1 fully saturated rings. The highest BCUT2D eigenvalue weighted by atomic mass is 16.5. The van der Waals surface area contributed by atoms with E-state index in [1.54, 1.807) is 0 Å². The Balaban J connectivity index is 2.19. The van der Waals surface area contributed by atoms with E-state index in [-0.39, 0.29) is 12.1 Å². The summed E-state index contributed by atoms with van der Waals surface area (Å²) in [6, 6.07) is 0. The molecule has 0 amide bonds. The van der Waals surface area contributed by atoms with Crippen LogP contribution in [0.15, 0.2) is 0 Å². The monoisotopic (exact) mass is 128 g/mol. The summed E-state index contributed by atoms with van der Waals surface area (Å²) in [6.45, 7) is 1.47. The van der Waals surface area contributed by atoms with Crippen molar-refractivity contribution in [2.75, 3.05) is 0 Å². The highest BCUT2D eigenvalue weighted by Crippen LogP contribution is 2.20. The maximum absolute atomic E-state index is 10.4. The summed E-state index contributed by atoms with van der Waals surface area (Å²) in [4.78, 5) is 10.4. The Kier molecular flexibility index (Phi) is 2.09. The Morgan fingerprint density at radius 1 is 1.44 bits per heavy atom. The van der Waals surface area contributed by atoms with E-state index in [0.29, 0.717) is 0 Å². The van der Waals surface area contributed by atoms with Crippen molar-refractivity contribution >= 4 is 5.97 Å². The standard InChI is InChI=1S/C7H12O2/c1-6(8)9-7-4-2-3-5-7/h7H,2-5H2,1H3. The van der Waals surface area contributed by atoms with Crippen molar-refractivity contribution in [2.24, 2.45) is 0 Å². The molecular weight excluding hydrogens is 116 g/mol. The minimum atomic E-state index is -0.137. The first-order valence-corrected chi connectivity index (χ1v) is 3.46. The van der Waals surface area contributed by atoms with Crippen molar-refractivity contribution in [1.29, 1.82) is 0 Å². The van der Waals surface area contributed by atoms with Gasteiger partial charge in [0.25, 0.3) is 0 Å². The number of rotatable bonds is 1. The van der Waals surface area contributed by atoms with Gasteiger partial charge in [-0.3, -0.25) is 4.79 Å². The van der Waals surface area contributed by atoms with Crippen LogP contribution in [0.25, 0.3) is 0 Å². The Labute approximate surface area is 55.2 Å². The average molecular weight is 128 g/mol. The summed E-state index contributed by atoms with van der Waals surface area (Å²) < 4.78 is 4.97. The average Bonchev–Trinajstić information content (AvgIpc) is 2.15. The van der Waals surface area contributed by atoms with Gasteiger partial charge in [0.15, 0.2) is 0 Å². The molecule has 0 saturated heterocycles. The molecule has 0 atom stereocenters. The first-order chi connectivity index (χ1) is 4.29. The van der Waals surface area contributed by atoms with Crippen molar-refractivity contribution in [1.82, 2.24) is 0 Å². The SMILES string of the molecule is CC(=O)OC1CCCC1. The first kappa shape index (κ1) is 6.59. The molecule has 0 bridgehead atoms. The number of hydrogen-bond acceptors (Lipinski definition) is 2. The molecule has 9 heavy (non-hydrogen) atoms. The molecule has 52 valence electrons. The van der Waals surface area contributed by atoms with E-state index in [9.17, 15) is 4.79 Å². The highest BCUT2D eigenvalue weighted by molar-refractivity contribution is 5.66. The zero-order valence-corrected chi connectivity index (χ0v) is 5.72. The smallest absolute Gasteiger partial charge is 0.302 e. The molecule has 0 radical (unpaired) electrons. The zero-order valence-electron chi connectivity index (χ0n) is 5.72. The van der Waals surface area contributed by atoms with Gasteiger partial charge >= 0.3 is 5.97 Å². The lowest BCUT2D eigenvalue weighted by molar-refractivity contribution is -0.145. The van der Waals surface area contributed by atoms with Crippen LogP contribution in [0.2, 0.25) is 0 Å². The Hall–Kier alpha value is -0.530. The third-order valence-corrected chi connectivity index (χ3v) is 1.63. The molecular formula is C7H12O2. The fourth-order valence-electron chi connectivity index (χ4n) is 1.24. The van der Waals surface area contributed by atoms with E-state index in [4.69, 9.17) is 4.74 Å². The van der Waals surface area contributed by atoms with E-state index in [1.807, 2.05) is 0 Å². The van der Waals surface area contributed by atoms with Crippen LogP contribution in [0.4, 0.5) is 0 Å². The van der Waals surface area contributed by atoms with Gasteiger partial charge in [-0.05, 0) is 25.7 Å². The molecule has 0 spiro atoms. The minimum Gasteiger partial charge on any atom is -0.463 e. The Morgan fingerprint density at radius 3 is 2.44 bits per heavy atom. The number of esters is 1. The van der Waals surface area contributed by atoms with Gasteiger partial charge in [-0.2, -0.15) is 0 Å². The predicted octanol–water partition coefficient (Wildman–Crippen LogP) is 1.49. The number of ether oxygens (including phenoxy) is 1. The summed E-state index contributed by atoms with van der Waals surface area (Å²) in [7, 11) is 0. The van der Waals surface area contributed by atoms with Crippen molar-refractivity contribution < 1.29 is 9.53 Å². The normalized spacial score (nSPS) is 20.1. The molecule has 0 aliphatic heterocycles. The summed E-state index contributed by atoms with van der Waals surface area (Å²) in [5.74, 6) is -0.137. The molecule has 1 rings (SSSR count). The fourth-order valence-corrected chi connectivity index (χ4v) is 1.24. The van der Waals surface area contributed by atoms with Crippen molar-refractivity contribution in [3.8, 4) is 0 Å². The van der Waals surface area contributed by atoms with Crippen molar-refractivity contribution in [3.05, 3.63) is 0 Å². The van der Waals surface area contributed by atoms with E-state index in [2.05, 4.69) is 0 Å². The van der Waals surface area contributed by atoms with Crippen molar-refractivity contribution in [2.45, 2.75) is 38.7 Å². The lowest BCUT2D eigenvalue weighted by Gasteiger charge is -2.07. The second kappa shape index (κ2) is 2.85. The number of carbonyl (C=O) groups is 1. The van der Waals surface area contributed by atoms with E-state index < -0.39 is 0 Å². The third kappa shape index (κ3) is 2.04. The molecule has 0 aromatic rings. The van der Waals surface area contributed by atoms with Gasteiger partial charge in [-0.1, -0.05) is 0 Å². The molecule has 1 saturated carbocycles. The molecule has 1 aliphatic carbocycles. The van der Waals surface area contributed by atoms with Gasteiger partial charge in [0.1, 0.15) is 6.10 Å². The second-order valence-electron chi connectivity index (χ2n) is 2.52. The maximum atomic E-state index is 10.4. The van der Waals surface area contributed by atoms with Crippen LogP contribution >= 0.6 is 0 Å². The van der Waals surface area contributed by atoms with Gasteiger partial charge < -0.3 is 4.74 Å². The summed E-state index contributed by atoms with van der Waals surface area (Å²) >= 11 is 0. The summed E-state index contributed by atoms with van der Waals surface area (Å²) in [5.41, 5.74) is 0. The molecule has 0 N–H and O–H groups in total. The van der Waals surface area contributed by atoms with Crippen LogP contribution < -0.4 is 0 Å². The summed E-state index contributed by atoms with van der Waals surface area (Å²) in [5, 5.41) is 0. The molecule has 0 unspecified atom stereocenters. The topological polar surface area (TPSA) is 26.3 Å². The van der Waals surface area contributed by atoms with Gasteiger partial charge in [0.05, 0.1) is 0 Å². The number of hydrogen-bond donors (Lipinski definition) is 0.